The van der Waals surface area contributed by atoms with E-state index in [9.17, 15) is 4.79 Å². The lowest BCUT2D eigenvalue weighted by molar-refractivity contribution is 0.0885. The highest BCUT2D eigenvalue weighted by molar-refractivity contribution is 5.95. The third-order valence-corrected chi connectivity index (χ3v) is 4.24. The topological polar surface area (TPSA) is 32.1 Å². The highest BCUT2D eigenvalue weighted by Crippen LogP contribution is 2.19. The number of benzene rings is 1. The largest absolute Gasteiger partial charge is 0.335 e. The minimum atomic E-state index is 0.185. The van der Waals surface area contributed by atoms with Crippen molar-refractivity contribution in [1.29, 1.82) is 0 Å². The molecule has 0 spiro atoms. The normalized spacial score (nSPS) is 19.5. The highest BCUT2D eigenvalue weighted by Gasteiger charge is 2.24. The number of hydrogen-bond acceptors (Lipinski definition) is 2. The van der Waals surface area contributed by atoms with Gasteiger partial charge in [0, 0.05) is 18.7 Å². The van der Waals surface area contributed by atoms with Crippen molar-refractivity contribution in [2.24, 2.45) is 5.92 Å². The second kappa shape index (κ2) is 5.74. The van der Waals surface area contributed by atoms with Gasteiger partial charge in [0.25, 0.3) is 5.91 Å². The number of rotatable bonds is 4. The molecule has 102 valence electrons. The van der Waals surface area contributed by atoms with Crippen molar-refractivity contribution in [3.63, 3.8) is 0 Å². The maximum absolute atomic E-state index is 11.8. The first-order valence-corrected chi connectivity index (χ1v) is 7.42. The Morgan fingerprint density at radius 3 is 2.47 bits per heavy atom. The molecule has 1 N–H and O–H groups in total. The van der Waals surface area contributed by atoms with Gasteiger partial charge in [0.1, 0.15) is 0 Å². The van der Waals surface area contributed by atoms with Crippen molar-refractivity contribution >= 4 is 5.91 Å². The molecule has 0 aromatic heterocycles. The Balaban J connectivity index is 1.52. The SMILES string of the molecule is O=C(c1ccc(CCC2CCNCC2)cc1)N1CC1. The molecule has 3 nitrogen and oxygen atoms in total. The van der Waals surface area contributed by atoms with Gasteiger partial charge >= 0.3 is 0 Å². The molecule has 3 rings (SSSR count). The molecule has 2 aliphatic heterocycles. The number of nitrogens with zero attached hydrogens (tertiary/aromatic N) is 1. The molecule has 2 fully saturated rings. The fourth-order valence-corrected chi connectivity index (χ4v) is 2.79. The molecule has 1 amide bonds. The summed E-state index contributed by atoms with van der Waals surface area (Å²) in [6, 6.07) is 8.21. The van der Waals surface area contributed by atoms with Gasteiger partial charge < -0.3 is 10.2 Å². The Labute approximate surface area is 115 Å². The van der Waals surface area contributed by atoms with Crippen LogP contribution in [0.4, 0.5) is 0 Å². The fourth-order valence-electron chi connectivity index (χ4n) is 2.79. The number of nitrogens with one attached hydrogen (secondary N) is 1. The molecule has 0 saturated carbocycles. The van der Waals surface area contributed by atoms with Crippen molar-refractivity contribution < 1.29 is 4.79 Å². The maximum atomic E-state index is 11.8. The number of carbonyl (C=O) groups is 1. The predicted molar refractivity (Wildman–Crippen MR) is 76.3 cm³/mol. The summed E-state index contributed by atoms with van der Waals surface area (Å²) in [5, 5.41) is 3.41. The van der Waals surface area contributed by atoms with Gasteiger partial charge in [0.15, 0.2) is 0 Å². The van der Waals surface area contributed by atoms with Crippen LogP contribution < -0.4 is 5.32 Å². The molecule has 0 atom stereocenters. The van der Waals surface area contributed by atoms with Crippen LogP contribution in [0, 0.1) is 5.92 Å². The summed E-state index contributed by atoms with van der Waals surface area (Å²) < 4.78 is 0. The van der Waals surface area contributed by atoms with E-state index >= 15 is 0 Å². The first kappa shape index (κ1) is 12.7. The van der Waals surface area contributed by atoms with E-state index in [2.05, 4.69) is 17.4 Å². The lowest BCUT2D eigenvalue weighted by Crippen LogP contribution is -2.27. The molecule has 0 aliphatic carbocycles. The molecular formula is C16H22N2O. The molecule has 2 saturated heterocycles. The fraction of sp³-hybridized carbons (Fsp3) is 0.562. The van der Waals surface area contributed by atoms with E-state index in [0.29, 0.717) is 0 Å². The van der Waals surface area contributed by atoms with Crippen molar-refractivity contribution in [2.75, 3.05) is 26.2 Å². The van der Waals surface area contributed by atoms with Gasteiger partial charge in [0.05, 0.1) is 0 Å². The molecular weight excluding hydrogens is 236 g/mol. The Morgan fingerprint density at radius 1 is 1.16 bits per heavy atom. The lowest BCUT2D eigenvalue weighted by Gasteiger charge is -2.22. The van der Waals surface area contributed by atoms with E-state index in [0.717, 1.165) is 31.0 Å². The minimum Gasteiger partial charge on any atom is -0.335 e. The zero-order valence-corrected chi connectivity index (χ0v) is 11.4. The van der Waals surface area contributed by atoms with E-state index in [1.54, 1.807) is 0 Å². The van der Waals surface area contributed by atoms with Crippen molar-refractivity contribution in [2.45, 2.75) is 25.7 Å². The minimum absolute atomic E-state index is 0.185. The standard InChI is InChI=1S/C16H22N2O/c19-16(18-11-12-18)15-5-3-13(4-6-15)1-2-14-7-9-17-10-8-14/h3-6,14,17H,1-2,7-12H2. The van der Waals surface area contributed by atoms with Gasteiger partial charge in [-0.05, 0) is 62.4 Å². The Kier molecular flexibility index (Phi) is 3.83. The van der Waals surface area contributed by atoms with Crippen LogP contribution in [0.3, 0.4) is 0 Å². The van der Waals surface area contributed by atoms with Gasteiger partial charge in [-0.15, -0.1) is 0 Å². The Morgan fingerprint density at radius 2 is 1.84 bits per heavy atom. The number of hydrogen-bond donors (Lipinski definition) is 1. The van der Waals surface area contributed by atoms with Crippen LogP contribution in [0.5, 0.6) is 0 Å². The predicted octanol–water partition coefficient (Wildman–Crippen LogP) is 2.07. The third-order valence-electron chi connectivity index (χ3n) is 4.24. The summed E-state index contributed by atoms with van der Waals surface area (Å²) in [7, 11) is 0. The number of amides is 1. The Hall–Kier alpha value is -1.35. The van der Waals surface area contributed by atoms with E-state index in [1.807, 2.05) is 17.0 Å². The quantitative estimate of drug-likeness (QED) is 0.839. The van der Waals surface area contributed by atoms with E-state index in [1.165, 1.54) is 37.9 Å². The second-order valence-electron chi connectivity index (χ2n) is 5.72. The zero-order chi connectivity index (χ0) is 13.1. The third kappa shape index (κ3) is 3.35. The van der Waals surface area contributed by atoms with Crippen LogP contribution in [-0.4, -0.2) is 37.0 Å². The second-order valence-corrected chi connectivity index (χ2v) is 5.72. The zero-order valence-electron chi connectivity index (χ0n) is 11.4. The first-order chi connectivity index (χ1) is 9.33. The van der Waals surface area contributed by atoms with Gasteiger partial charge in [0.2, 0.25) is 0 Å². The monoisotopic (exact) mass is 258 g/mol. The summed E-state index contributed by atoms with van der Waals surface area (Å²) in [6.45, 7) is 4.20. The molecule has 19 heavy (non-hydrogen) atoms. The van der Waals surface area contributed by atoms with Crippen LogP contribution in [-0.2, 0) is 6.42 Å². The average Bonchev–Trinajstić information content (AvgIpc) is 3.31. The molecule has 1 aromatic rings. The van der Waals surface area contributed by atoms with Crippen molar-refractivity contribution in [1.82, 2.24) is 10.2 Å². The molecule has 0 unspecified atom stereocenters. The van der Waals surface area contributed by atoms with E-state index in [-0.39, 0.29) is 5.91 Å². The first-order valence-electron chi connectivity index (χ1n) is 7.42. The lowest BCUT2D eigenvalue weighted by atomic mass is 9.91. The van der Waals surface area contributed by atoms with Crippen LogP contribution in [0.15, 0.2) is 24.3 Å². The number of piperidine rings is 1. The highest BCUT2D eigenvalue weighted by atomic mass is 16.2. The van der Waals surface area contributed by atoms with Crippen LogP contribution in [0.25, 0.3) is 0 Å². The smallest absolute Gasteiger partial charge is 0.253 e. The molecule has 2 aliphatic rings. The summed E-state index contributed by atoms with van der Waals surface area (Å²) >= 11 is 0. The van der Waals surface area contributed by atoms with E-state index < -0.39 is 0 Å². The molecule has 2 heterocycles. The van der Waals surface area contributed by atoms with Crippen molar-refractivity contribution in [3.05, 3.63) is 35.4 Å². The van der Waals surface area contributed by atoms with E-state index in [4.69, 9.17) is 0 Å². The van der Waals surface area contributed by atoms with Gasteiger partial charge in [-0.3, -0.25) is 4.79 Å². The van der Waals surface area contributed by atoms with Gasteiger partial charge in [-0.2, -0.15) is 0 Å². The summed E-state index contributed by atoms with van der Waals surface area (Å²) in [6.07, 6.45) is 5.04. The van der Waals surface area contributed by atoms with Crippen LogP contribution in [0.2, 0.25) is 0 Å². The van der Waals surface area contributed by atoms with Crippen LogP contribution >= 0.6 is 0 Å². The Bertz CT molecular complexity index is 431. The molecule has 3 heteroatoms. The van der Waals surface area contributed by atoms with Crippen LogP contribution in [0.1, 0.15) is 35.2 Å². The summed E-state index contributed by atoms with van der Waals surface area (Å²) in [5.41, 5.74) is 2.20. The molecule has 0 bridgehead atoms. The molecule has 0 radical (unpaired) electrons. The maximum Gasteiger partial charge on any atom is 0.253 e. The summed E-state index contributed by atoms with van der Waals surface area (Å²) in [5.74, 6) is 1.06. The summed E-state index contributed by atoms with van der Waals surface area (Å²) in [4.78, 5) is 13.7. The average molecular weight is 258 g/mol. The number of carbonyl (C=O) groups excluding carboxylic acids is 1. The van der Waals surface area contributed by atoms with Crippen molar-refractivity contribution in [3.8, 4) is 0 Å². The van der Waals surface area contributed by atoms with Gasteiger partial charge in [-0.1, -0.05) is 12.1 Å². The van der Waals surface area contributed by atoms with Gasteiger partial charge in [-0.25, -0.2) is 0 Å². The number of aryl methyl sites for hydroxylation is 1. The molecule has 1 aromatic carbocycles.